The first-order chi connectivity index (χ1) is 62.0. The van der Waals surface area contributed by atoms with Crippen LogP contribution in [-0.4, -0.2) is 53.6 Å². The Morgan fingerprint density at radius 2 is 0.392 bits per heavy atom. The maximum absolute atomic E-state index is 6.16. The van der Waals surface area contributed by atoms with Crippen LogP contribution in [0.2, 0.25) is 0 Å². The first kappa shape index (κ1) is 74.2. The average molecular weight is 1600 g/mol. The molecule has 0 saturated carbocycles. The molecule has 0 radical (unpaired) electrons. The van der Waals surface area contributed by atoms with Crippen LogP contribution in [0.1, 0.15) is 0 Å². The van der Waals surface area contributed by atoms with E-state index in [0.717, 1.165) is 113 Å². The van der Waals surface area contributed by atoms with Crippen molar-refractivity contribution < 1.29 is 4.74 Å². The molecule has 125 heavy (non-hydrogen) atoms. The van der Waals surface area contributed by atoms with Crippen molar-refractivity contribution in [2.24, 2.45) is 0 Å². The molecule has 13 nitrogen and oxygen atoms in total. The van der Waals surface area contributed by atoms with Gasteiger partial charge in [-0.3, -0.25) is 0 Å². The summed E-state index contributed by atoms with van der Waals surface area (Å²) < 4.78 is 13.2. The number of benzene rings is 17. The minimum atomic E-state index is 0.632. The molecule has 0 aliphatic carbocycles. The third-order valence-electron chi connectivity index (χ3n) is 22.9. The molecule has 0 amide bonds. The topological polar surface area (TPSA) is 130 Å². The molecular weight excluding hydrogens is 1530 g/mol. The number of anilines is 3. The molecule has 0 atom stereocenters. The lowest BCUT2D eigenvalue weighted by atomic mass is 10.1. The van der Waals surface area contributed by atoms with Gasteiger partial charge in [0.25, 0.3) is 0 Å². The minimum Gasteiger partial charge on any atom is -0.453 e. The highest BCUT2D eigenvalue weighted by molar-refractivity contribution is 6.19. The van der Waals surface area contributed by atoms with Gasteiger partial charge in [-0.25, -0.2) is 39.9 Å². The summed E-state index contributed by atoms with van der Waals surface area (Å²) in [5.41, 5.74) is 24.1. The summed E-state index contributed by atoms with van der Waals surface area (Å²) in [5, 5.41) is 7.41. The van der Waals surface area contributed by atoms with E-state index in [0.29, 0.717) is 40.8 Å². The molecule has 0 bridgehead atoms. The minimum absolute atomic E-state index is 0.632. The largest absolute Gasteiger partial charge is 0.453 e. The Labute approximate surface area is 720 Å². The summed E-state index contributed by atoms with van der Waals surface area (Å²) in [5.74, 6) is 6.24. The molecule has 6 aromatic heterocycles. The number of hydrogen-bond donors (Lipinski definition) is 0. The summed E-state index contributed by atoms with van der Waals surface area (Å²) in [4.78, 5) is 41.4. The number of nitrogens with zero attached hydrogens (tertiary/aromatic N) is 12. The Morgan fingerprint density at radius 1 is 0.160 bits per heavy atom. The summed E-state index contributed by atoms with van der Waals surface area (Å²) >= 11 is 0. The Bertz CT molecular complexity index is 7620. The molecule has 7 heterocycles. The van der Waals surface area contributed by atoms with Crippen molar-refractivity contribution in [1.29, 1.82) is 0 Å². The molecule has 13 heteroatoms. The number of rotatable bonds is 13. The highest BCUT2D eigenvalue weighted by Crippen LogP contribution is 2.51. The molecule has 0 unspecified atom stereocenters. The zero-order valence-corrected chi connectivity index (χ0v) is 67.5. The van der Waals surface area contributed by atoms with Crippen LogP contribution in [0.5, 0.6) is 11.5 Å². The number of fused-ring (bicyclic) bond motifs is 11. The van der Waals surface area contributed by atoms with E-state index in [4.69, 9.17) is 44.6 Å². The van der Waals surface area contributed by atoms with Gasteiger partial charge in [0, 0.05) is 105 Å². The van der Waals surface area contributed by atoms with Gasteiger partial charge in [-0.15, -0.1) is 0 Å². The van der Waals surface area contributed by atoms with E-state index in [1.807, 2.05) is 194 Å². The summed E-state index contributed by atoms with van der Waals surface area (Å²) in [6, 6.07) is 154. The maximum atomic E-state index is 6.16. The van der Waals surface area contributed by atoms with Gasteiger partial charge in [0.05, 0.1) is 55.9 Å². The van der Waals surface area contributed by atoms with Crippen molar-refractivity contribution in [1.82, 2.24) is 53.6 Å². The second-order valence-electron chi connectivity index (χ2n) is 30.6. The van der Waals surface area contributed by atoms with E-state index in [9.17, 15) is 0 Å². The van der Waals surface area contributed by atoms with E-state index in [1.54, 1.807) is 0 Å². The highest BCUT2D eigenvalue weighted by atomic mass is 16.5. The Morgan fingerprint density at radius 3 is 0.720 bits per heavy atom. The van der Waals surface area contributed by atoms with Crippen molar-refractivity contribution in [3.63, 3.8) is 0 Å². The molecular formula is C112H74N12O. The van der Waals surface area contributed by atoms with Gasteiger partial charge in [-0.05, 0) is 152 Å². The molecule has 17 aromatic carbocycles. The number of para-hydroxylation sites is 9. The van der Waals surface area contributed by atoms with Crippen LogP contribution in [0, 0.1) is 0 Å². The lowest BCUT2D eigenvalue weighted by Crippen LogP contribution is -2.15. The number of aromatic nitrogens is 11. The number of hydrogen-bond acceptors (Lipinski definition) is 10. The van der Waals surface area contributed by atoms with Gasteiger partial charge in [0.2, 0.25) is 0 Å². The first-order valence-corrected chi connectivity index (χ1v) is 41.7. The molecule has 0 N–H and O–H groups in total. The van der Waals surface area contributed by atoms with Gasteiger partial charge < -0.3 is 23.3 Å². The lowest BCUT2D eigenvalue weighted by Gasteiger charge is -2.32. The summed E-state index contributed by atoms with van der Waals surface area (Å²) in [6.07, 6.45) is 0. The van der Waals surface area contributed by atoms with Crippen molar-refractivity contribution in [3.05, 3.63) is 449 Å². The van der Waals surface area contributed by atoms with Crippen LogP contribution in [0.25, 0.3) is 185 Å². The lowest BCUT2D eigenvalue weighted by molar-refractivity contribution is 0.477. The van der Waals surface area contributed by atoms with Crippen LogP contribution in [-0.2, 0) is 0 Å². The normalized spacial score (nSPS) is 11.6. The van der Waals surface area contributed by atoms with Gasteiger partial charge >= 0.3 is 0 Å². The maximum Gasteiger partial charge on any atom is 0.164 e. The Kier molecular flexibility index (Phi) is 19.3. The smallest absolute Gasteiger partial charge is 0.164 e. The molecule has 0 saturated heterocycles. The SMILES string of the molecule is c1ccc(-c2cc(-c3ccccc3)nc(-c3ccc(-n4c5ccccc5c5ccccc54)cc3)n2)cc1.c1ccc(-c2nc(-c3ccccc3)nc(-c3ccc(-n4c5ccccc5c5cc6c(cc54)c4ccccc4n6-c4ccccc4)cc3)n2)cc1.c1ccc(-c2nc(-c3ccccc3)nc(-c3ccc(N4c5ccccc5Oc5ccccc54)cc3)n2)cc1. The standard InChI is InChI=1S/C45H29N5.C34H23N3.C33H22N4O/c1-4-14-30(15-5-1)43-46-44(31-16-6-2-7-17-31)48-45(47-43)32-24-26-34(27-25-32)50-40-23-13-11-21-36(40)38-28-41-37(29-42(38)50)35-20-10-12-22-39(35)49(41)33-18-8-3-9-19-33;1-3-11-24(12-4-1)30-23-31(25-13-5-2-6-14-25)36-34(35-30)26-19-21-27(22-20-26)37-32-17-9-7-15-28(32)29-16-8-10-18-33(29)37;1-3-11-23(12-4-1)31-34-32(24-13-5-2-6-14-24)36-33(35-31)25-19-21-26(22-20-25)37-27-15-7-9-17-29(27)38-30-18-10-8-16-28(30)37/h1-29H;1-23H;1-22H. The average Bonchev–Trinajstić information content (AvgIpc) is 1.56. The van der Waals surface area contributed by atoms with Crippen molar-refractivity contribution in [2.75, 3.05) is 4.90 Å². The van der Waals surface area contributed by atoms with Crippen LogP contribution in [0.3, 0.4) is 0 Å². The Hall–Kier alpha value is -17.2. The van der Waals surface area contributed by atoms with E-state index >= 15 is 0 Å². The number of ether oxygens (including phenoxy) is 1. The fraction of sp³-hybridized carbons (Fsp3) is 0. The van der Waals surface area contributed by atoms with Crippen LogP contribution >= 0.6 is 0 Å². The van der Waals surface area contributed by atoms with Gasteiger partial charge in [-0.1, -0.05) is 297 Å². The van der Waals surface area contributed by atoms with Crippen LogP contribution < -0.4 is 9.64 Å². The van der Waals surface area contributed by atoms with E-state index < -0.39 is 0 Å². The quantitative estimate of drug-likeness (QED) is 0.110. The highest BCUT2D eigenvalue weighted by Gasteiger charge is 2.27. The molecule has 588 valence electrons. The van der Waals surface area contributed by atoms with E-state index in [2.05, 4.69) is 273 Å². The van der Waals surface area contributed by atoms with Crippen LogP contribution in [0.4, 0.5) is 17.1 Å². The predicted octanol–water partition coefficient (Wildman–Crippen LogP) is 28.1. The van der Waals surface area contributed by atoms with Crippen molar-refractivity contribution in [2.45, 2.75) is 0 Å². The van der Waals surface area contributed by atoms with Gasteiger partial charge in [0.15, 0.2) is 52.3 Å². The zero-order valence-electron chi connectivity index (χ0n) is 67.5. The van der Waals surface area contributed by atoms with Crippen molar-refractivity contribution >= 4 is 82.5 Å². The molecule has 1 aliphatic heterocycles. The summed E-state index contributed by atoms with van der Waals surface area (Å²) in [6.45, 7) is 0. The van der Waals surface area contributed by atoms with Crippen molar-refractivity contribution in [3.8, 4) is 131 Å². The second kappa shape index (κ2) is 32.5. The first-order valence-electron chi connectivity index (χ1n) is 41.7. The third-order valence-corrected chi connectivity index (χ3v) is 22.9. The second-order valence-corrected chi connectivity index (χ2v) is 30.6. The van der Waals surface area contributed by atoms with E-state index in [-0.39, 0.29) is 0 Å². The van der Waals surface area contributed by atoms with Gasteiger partial charge in [0.1, 0.15) is 0 Å². The fourth-order valence-corrected chi connectivity index (χ4v) is 17.0. The molecule has 1 aliphatic rings. The third kappa shape index (κ3) is 14.3. The molecule has 0 fully saturated rings. The fourth-order valence-electron chi connectivity index (χ4n) is 17.0. The predicted molar refractivity (Wildman–Crippen MR) is 508 cm³/mol. The molecule has 0 spiro atoms. The summed E-state index contributed by atoms with van der Waals surface area (Å²) in [7, 11) is 0. The monoisotopic (exact) mass is 1600 g/mol. The molecule has 24 rings (SSSR count). The molecule has 23 aromatic rings. The van der Waals surface area contributed by atoms with E-state index in [1.165, 1.54) is 59.9 Å². The van der Waals surface area contributed by atoms with Gasteiger partial charge in [-0.2, -0.15) is 0 Å². The van der Waals surface area contributed by atoms with Crippen LogP contribution in [0.15, 0.2) is 449 Å². The Balaban J connectivity index is 0.000000113. The zero-order chi connectivity index (χ0) is 82.9.